The molecule has 3 heterocycles. The summed E-state index contributed by atoms with van der Waals surface area (Å²) in [5, 5.41) is 0.0598. The van der Waals surface area contributed by atoms with E-state index in [4.69, 9.17) is 11.6 Å². The molecule has 0 amide bonds. The third-order valence-electron chi connectivity index (χ3n) is 3.49. The number of fused-ring (bicyclic) bond motifs is 1. The van der Waals surface area contributed by atoms with Gasteiger partial charge >= 0.3 is 0 Å². The van der Waals surface area contributed by atoms with Crippen molar-refractivity contribution in [1.82, 2.24) is 19.5 Å². The first-order valence-electron chi connectivity index (χ1n) is 6.54. The molecule has 0 bridgehead atoms. The standard InChI is InChI=1S/C13H15ClFN5/c1-8(2)20-7-17-10-3-4-19(6-11(10)20)12-9(15)5-16-13(14)18-12/h5,7-8H,3-4,6H2,1-2H3. The Labute approximate surface area is 121 Å². The predicted octanol–water partition coefficient (Wildman–Crippen LogP) is 2.61. The summed E-state index contributed by atoms with van der Waals surface area (Å²) >= 11 is 5.76. The third-order valence-corrected chi connectivity index (χ3v) is 3.68. The predicted molar refractivity (Wildman–Crippen MR) is 74.4 cm³/mol. The maximum Gasteiger partial charge on any atom is 0.224 e. The lowest BCUT2D eigenvalue weighted by Crippen LogP contribution is -2.33. The first-order chi connectivity index (χ1) is 9.56. The molecule has 2 aromatic rings. The molecule has 0 N–H and O–H groups in total. The van der Waals surface area contributed by atoms with Gasteiger partial charge in [0.05, 0.1) is 30.5 Å². The van der Waals surface area contributed by atoms with Crippen LogP contribution in [-0.2, 0) is 13.0 Å². The van der Waals surface area contributed by atoms with Gasteiger partial charge in [-0.15, -0.1) is 0 Å². The van der Waals surface area contributed by atoms with Crippen molar-refractivity contribution in [3.05, 3.63) is 35.0 Å². The lowest BCUT2D eigenvalue weighted by atomic mass is 10.1. The normalized spacial score (nSPS) is 14.8. The molecule has 0 aromatic carbocycles. The second-order valence-electron chi connectivity index (χ2n) is 5.12. The van der Waals surface area contributed by atoms with Crippen LogP contribution in [0.1, 0.15) is 31.3 Å². The minimum absolute atomic E-state index is 0.0598. The maximum absolute atomic E-state index is 13.9. The number of nitrogens with zero attached hydrogens (tertiary/aromatic N) is 5. The molecule has 0 saturated carbocycles. The average Bonchev–Trinajstić information content (AvgIpc) is 2.84. The number of rotatable bonds is 2. The van der Waals surface area contributed by atoms with Crippen molar-refractivity contribution in [3.63, 3.8) is 0 Å². The quantitative estimate of drug-likeness (QED) is 0.799. The summed E-state index contributed by atoms with van der Waals surface area (Å²) in [7, 11) is 0. The Morgan fingerprint density at radius 1 is 1.35 bits per heavy atom. The highest BCUT2D eigenvalue weighted by Crippen LogP contribution is 2.26. The van der Waals surface area contributed by atoms with Gasteiger partial charge in [0, 0.05) is 19.0 Å². The zero-order valence-corrected chi connectivity index (χ0v) is 12.1. The molecular formula is C13H15ClFN5. The van der Waals surface area contributed by atoms with Gasteiger partial charge in [0.15, 0.2) is 11.6 Å². The van der Waals surface area contributed by atoms with E-state index in [1.54, 1.807) is 0 Å². The van der Waals surface area contributed by atoms with Crippen molar-refractivity contribution >= 4 is 17.4 Å². The first kappa shape index (κ1) is 13.3. The molecule has 0 fully saturated rings. The summed E-state index contributed by atoms with van der Waals surface area (Å²) in [5.41, 5.74) is 2.19. The van der Waals surface area contributed by atoms with Crippen LogP contribution in [0.4, 0.5) is 10.2 Å². The van der Waals surface area contributed by atoms with E-state index in [9.17, 15) is 4.39 Å². The van der Waals surface area contributed by atoms with Crippen LogP contribution < -0.4 is 4.90 Å². The zero-order valence-electron chi connectivity index (χ0n) is 11.3. The van der Waals surface area contributed by atoms with Gasteiger partial charge in [0.25, 0.3) is 0 Å². The zero-order chi connectivity index (χ0) is 14.3. The topological polar surface area (TPSA) is 46.8 Å². The van der Waals surface area contributed by atoms with Crippen molar-refractivity contribution in [2.75, 3.05) is 11.4 Å². The number of imidazole rings is 1. The number of halogens is 2. The van der Waals surface area contributed by atoms with Gasteiger partial charge in [0.1, 0.15) is 0 Å². The summed E-state index contributed by atoms with van der Waals surface area (Å²) in [4.78, 5) is 14.0. The number of hydrogen-bond donors (Lipinski definition) is 0. The largest absolute Gasteiger partial charge is 0.348 e. The van der Waals surface area contributed by atoms with Crippen LogP contribution in [-0.4, -0.2) is 26.1 Å². The summed E-state index contributed by atoms with van der Waals surface area (Å²) in [6.07, 6.45) is 3.73. The second kappa shape index (κ2) is 5.01. The molecule has 2 aromatic heterocycles. The summed E-state index contributed by atoms with van der Waals surface area (Å²) in [5.74, 6) is -0.194. The van der Waals surface area contributed by atoms with E-state index in [-0.39, 0.29) is 11.1 Å². The SMILES string of the molecule is CC(C)n1cnc2c1CN(c1nc(Cl)ncc1F)CC2. The Hall–Kier alpha value is -1.69. The maximum atomic E-state index is 13.9. The van der Waals surface area contributed by atoms with Crippen LogP contribution in [0.15, 0.2) is 12.5 Å². The number of aromatic nitrogens is 4. The van der Waals surface area contributed by atoms with Crippen LogP contribution in [0.5, 0.6) is 0 Å². The molecule has 0 saturated heterocycles. The highest BCUT2D eigenvalue weighted by atomic mass is 35.5. The molecule has 1 aliphatic rings. The lowest BCUT2D eigenvalue weighted by molar-refractivity contribution is 0.546. The Morgan fingerprint density at radius 2 is 2.15 bits per heavy atom. The average molecular weight is 296 g/mol. The molecule has 5 nitrogen and oxygen atoms in total. The molecule has 106 valence electrons. The minimum atomic E-state index is -0.450. The van der Waals surface area contributed by atoms with Gasteiger partial charge in [-0.3, -0.25) is 0 Å². The smallest absolute Gasteiger partial charge is 0.224 e. The van der Waals surface area contributed by atoms with Crippen LogP contribution >= 0.6 is 11.6 Å². The van der Waals surface area contributed by atoms with Gasteiger partial charge in [-0.05, 0) is 25.4 Å². The summed E-state index contributed by atoms with van der Waals surface area (Å²) in [6, 6.07) is 0.324. The van der Waals surface area contributed by atoms with Gasteiger partial charge in [-0.25, -0.2) is 14.4 Å². The minimum Gasteiger partial charge on any atom is -0.348 e. The van der Waals surface area contributed by atoms with Crippen LogP contribution in [0.2, 0.25) is 5.28 Å². The monoisotopic (exact) mass is 295 g/mol. The van der Waals surface area contributed by atoms with Crippen molar-refractivity contribution in [3.8, 4) is 0 Å². The molecule has 0 radical (unpaired) electrons. The van der Waals surface area contributed by atoms with Crippen LogP contribution in [0.25, 0.3) is 0 Å². The Morgan fingerprint density at radius 3 is 2.90 bits per heavy atom. The third kappa shape index (κ3) is 2.24. The Balaban J connectivity index is 1.95. The molecule has 0 spiro atoms. The lowest BCUT2D eigenvalue weighted by Gasteiger charge is -2.29. The fourth-order valence-corrected chi connectivity index (χ4v) is 2.62. The second-order valence-corrected chi connectivity index (χ2v) is 5.46. The van der Waals surface area contributed by atoms with E-state index in [1.165, 1.54) is 0 Å². The fraction of sp³-hybridized carbons (Fsp3) is 0.462. The molecule has 0 aliphatic carbocycles. The van der Waals surface area contributed by atoms with E-state index < -0.39 is 5.82 Å². The molecule has 1 aliphatic heterocycles. The number of anilines is 1. The molecule has 3 rings (SSSR count). The fourth-order valence-electron chi connectivity index (χ4n) is 2.49. The van der Waals surface area contributed by atoms with E-state index in [0.29, 0.717) is 19.1 Å². The number of hydrogen-bond acceptors (Lipinski definition) is 4. The van der Waals surface area contributed by atoms with E-state index in [1.807, 2.05) is 11.2 Å². The Bertz CT molecular complexity index is 640. The van der Waals surface area contributed by atoms with E-state index in [0.717, 1.165) is 24.0 Å². The Kier molecular flexibility index (Phi) is 3.33. The van der Waals surface area contributed by atoms with Crippen LogP contribution in [0, 0.1) is 5.82 Å². The molecular weight excluding hydrogens is 281 g/mol. The first-order valence-corrected chi connectivity index (χ1v) is 6.91. The van der Waals surface area contributed by atoms with Gasteiger partial charge in [0.2, 0.25) is 5.28 Å². The van der Waals surface area contributed by atoms with Crippen molar-refractivity contribution in [2.24, 2.45) is 0 Å². The van der Waals surface area contributed by atoms with E-state index >= 15 is 0 Å². The van der Waals surface area contributed by atoms with Crippen LogP contribution in [0.3, 0.4) is 0 Å². The summed E-state index contributed by atoms with van der Waals surface area (Å²) < 4.78 is 16.0. The highest BCUT2D eigenvalue weighted by Gasteiger charge is 2.24. The molecule has 0 unspecified atom stereocenters. The van der Waals surface area contributed by atoms with Gasteiger partial charge in [-0.1, -0.05) is 0 Å². The molecule has 20 heavy (non-hydrogen) atoms. The van der Waals surface area contributed by atoms with Gasteiger partial charge in [-0.2, -0.15) is 4.98 Å². The summed E-state index contributed by atoms with van der Waals surface area (Å²) in [6.45, 7) is 5.45. The molecule has 7 heteroatoms. The highest BCUT2D eigenvalue weighted by molar-refractivity contribution is 6.28. The van der Waals surface area contributed by atoms with Crippen molar-refractivity contribution < 1.29 is 4.39 Å². The molecule has 0 atom stereocenters. The van der Waals surface area contributed by atoms with Crippen molar-refractivity contribution in [1.29, 1.82) is 0 Å². The van der Waals surface area contributed by atoms with Gasteiger partial charge < -0.3 is 9.47 Å². The van der Waals surface area contributed by atoms with Crippen molar-refractivity contribution in [2.45, 2.75) is 32.9 Å². The van der Waals surface area contributed by atoms with E-state index in [2.05, 4.69) is 33.4 Å².